The second-order valence-electron chi connectivity index (χ2n) is 8.80. The molecule has 7 N–H and O–H groups in total. The van der Waals surface area contributed by atoms with Gasteiger partial charge in [-0.25, -0.2) is 0 Å². The van der Waals surface area contributed by atoms with Gasteiger partial charge in [-0.2, -0.15) is 0 Å². The van der Waals surface area contributed by atoms with Crippen LogP contribution in [0.2, 0.25) is 0 Å². The molecular weight excluding hydrogens is 460 g/mol. The molecule has 0 aromatic heterocycles. The van der Waals surface area contributed by atoms with E-state index >= 15 is 0 Å². The van der Waals surface area contributed by atoms with Crippen LogP contribution < -0.4 is 0 Å². The minimum atomic E-state index is -1.36. The third kappa shape index (κ3) is 7.55. The molecule has 1 fully saturated rings. The highest BCUT2D eigenvalue weighted by atomic mass is 16.6. The van der Waals surface area contributed by atoms with E-state index in [-0.39, 0.29) is 54.8 Å². The molecule has 0 radical (unpaired) electrons. The molecule has 10 heteroatoms. The van der Waals surface area contributed by atoms with Gasteiger partial charge in [-0.15, -0.1) is 0 Å². The van der Waals surface area contributed by atoms with Crippen molar-refractivity contribution < 1.29 is 50.0 Å². The van der Waals surface area contributed by atoms with Crippen LogP contribution in [0.4, 0.5) is 0 Å². The van der Waals surface area contributed by atoms with Crippen LogP contribution in [-0.2, 0) is 27.1 Å². The fourth-order valence-corrected chi connectivity index (χ4v) is 3.91. The van der Waals surface area contributed by atoms with Gasteiger partial charge in [0.15, 0.2) is 23.0 Å². The first-order chi connectivity index (χ1) is 16.6. The van der Waals surface area contributed by atoms with Crippen molar-refractivity contribution in [3.05, 3.63) is 47.5 Å². The number of aromatic hydroxyl groups is 4. The molecule has 5 unspecified atom stereocenters. The molecule has 0 amide bonds. The minimum Gasteiger partial charge on any atom is -0.504 e. The molecule has 0 aliphatic carbocycles. The number of rotatable bonds is 11. The van der Waals surface area contributed by atoms with Gasteiger partial charge in [-0.05, 0) is 54.7 Å². The van der Waals surface area contributed by atoms with Gasteiger partial charge in [-0.3, -0.25) is 4.79 Å². The smallest absolute Gasteiger partial charge is 0.157 e. The number of aliphatic hydroxyl groups excluding tert-OH is 3. The van der Waals surface area contributed by atoms with Gasteiger partial charge in [0.25, 0.3) is 0 Å². The largest absolute Gasteiger partial charge is 0.504 e. The number of hydrogen-bond donors (Lipinski definition) is 7. The summed E-state index contributed by atoms with van der Waals surface area (Å²) in [5.74, 6) is -1.08. The van der Waals surface area contributed by atoms with Crippen LogP contribution in [0.25, 0.3) is 0 Å². The molecule has 0 spiro atoms. The van der Waals surface area contributed by atoms with E-state index in [1.165, 1.54) is 24.3 Å². The lowest BCUT2D eigenvalue weighted by Crippen LogP contribution is -2.54. The average molecular weight is 493 g/mol. The van der Waals surface area contributed by atoms with Gasteiger partial charge < -0.3 is 45.2 Å². The van der Waals surface area contributed by atoms with Crippen molar-refractivity contribution in [1.29, 1.82) is 0 Å². The summed E-state index contributed by atoms with van der Waals surface area (Å²) in [6.07, 6.45) is -3.91. The van der Waals surface area contributed by atoms with Crippen molar-refractivity contribution in [3.63, 3.8) is 0 Å². The summed E-state index contributed by atoms with van der Waals surface area (Å²) < 4.78 is 11.3. The van der Waals surface area contributed by atoms with E-state index in [0.717, 1.165) is 5.56 Å². The number of phenols is 4. The van der Waals surface area contributed by atoms with E-state index in [1.54, 1.807) is 12.1 Å². The number of ether oxygens (including phenoxy) is 2. The number of aliphatic hydroxyl groups is 3. The molecule has 192 valence electrons. The van der Waals surface area contributed by atoms with Gasteiger partial charge in [0, 0.05) is 12.8 Å². The molecule has 2 aromatic carbocycles. The zero-order chi connectivity index (χ0) is 25.5. The van der Waals surface area contributed by atoms with Crippen LogP contribution in [-0.4, -0.2) is 85.3 Å². The Labute approximate surface area is 202 Å². The maximum atomic E-state index is 12.7. The topological polar surface area (TPSA) is 177 Å². The van der Waals surface area contributed by atoms with Crippen molar-refractivity contribution in [2.24, 2.45) is 0 Å². The number of hydrogen-bond acceptors (Lipinski definition) is 10. The Morgan fingerprint density at radius 1 is 0.886 bits per heavy atom. The van der Waals surface area contributed by atoms with Crippen LogP contribution >= 0.6 is 0 Å². The number of phenolic OH excluding ortho intramolecular Hbond substituents is 4. The molecular formula is C25H32O10. The Balaban J connectivity index is 1.59. The Bertz CT molecular complexity index is 994. The summed E-state index contributed by atoms with van der Waals surface area (Å²) in [5.41, 5.74) is 1.42. The zero-order valence-electron chi connectivity index (χ0n) is 19.2. The van der Waals surface area contributed by atoms with E-state index in [1.807, 2.05) is 0 Å². The second kappa shape index (κ2) is 12.2. The minimum absolute atomic E-state index is 0.0577. The number of benzene rings is 2. The van der Waals surface area contributed by atoms with E-state index in [4.69, 9.17) is 9.47 Å². The number of carbonyl (C=O) groups excluding carboxylic acids is 1. The molecule has 1 aliphatic heterocycles. The van der Waals surface area contributed by atoms with Crippen molar-refractivity contribution in [3.8, 4) is 23.0 Å². The van der Waals surface area contributed by atoms with E-state index < -0.39 is 30.5 Å². The fraction of sp³-hybridized carbons (Fsp3) is 0.480. The maximum absolute atomic E-state index is 12.7. The van der Waals surface area contributed by atoms with E-state index in [2.05, 4.69) is 0 Å². The Morgan fingerprint density at radius 3 is 2.09 bits per heavy atom. The predicted molar refractivity (Wildman–Crippen MR) is 123 cm³/mol. The van der Waals surface area contributed by atoms with Crippen molar-refractivity contribution in [2.75, 3.05) is 13.2 Å². The van der Waals surface area contributed by atoms with Gasteiger partial charge >= 0.3 is 0 Å². The number of ketones is 1. The number of Topliss-reactive ketones (excluding diaryl/α,β-unsaturated/α-hetero) is 1. The highest BCUT2D eigenvalue weighted by Gasteiger charge is 2.38. The molecule has 0 saturated carbocycles. The molecule has 1 saturated heterocycles. The Hall–Kier alpha value is -2.89. The third-order valence-corrected chi connectivity index (χ3v) is 6.08. The average Bonchev–Trinajstić information content (AvgIpc) is 2.83. The molecule has 0 bridgehead atoms. The molecule has 3 rings (SSSR count). The van der Waals surface area contributed by atoms with E-state index in [9.17, 15) is 40.5 Å². The summed E-state index contributed by atoms with van der Waals surface area (Å²) in [7, 11) is 0. The summed E-state index contributed by atoms with van der Waals surface area (Å²) in [6.45, 7) is -0.252. The lowest BCUT2D eigenvalue weighted by Gasteiger charge is -2.35. The highest BCUT2D eigenvalue weighted by molar-refractivity contribution is 5.79. The van der Waals surface area contributed by atoms with Crippen molar-refractivity contribution in [1.82, 2.24) is 0 Å². The molecule has 35 heavy (non-hydrogen) atoms. The first-order valence-corrected chi connectivity index (χ1v) is 11.4. The van der Waals surface area contributed by atoms with Crippen molar-refractivity contribution >= 4 is 5.78 Å². The summed E-state index contributed by atoms with van der Waals surface area (Å²) in [4.78, 5) is 12.7. The first kappa shape index (κ1) is 26.7. The highest BCUT2D eigenvalue weighted by Crippen LogP contribution is 2.27. The first-order valence-electron chi connectivity index (χ1n) is 11.4. The number of carbonyl (C=O) groups is 1. The van der Waals surface area contributed by atoms with Crippen molar-refractivity contribution in [2.45, 2.75) is 62.6 Å². The second-order valence-corrected chi connectivity index (χ2v) is 8.80. The predicted octanol–water partition coefficient (Wildman–Crippen LogP) is 0.900. The van der Waals surface area contributed by atoms with Crippen LogP contribution in [0.3, 0.4) is 0 Å². The molecule has 10 nitrogen and oxygen atoms in total. The Kier molecular flexibility index (Phi) is 9.30. The summed E-state index contributed by atoms with van der Waals surface area (Å²) in [6, 6.07) is 8.82. The summed E-state index contributed by atoms with van der Waals surface area (Å²) >= 11 is 0. The molecule has 2 aromatic rings. The SMILES string of the molecule is O=C(CCc1ccc(O)c(O)c1)CC(CCc1ccc(O)c(O)c1)OCC1OCC(O)C(O)C1O. The van der Waals surface area contributed by atoms with Gasteiger partial charge in [-0.1, -0.05) is 12.1 Å². The van der Waals surface area contributed by atoms with Gasteiger partial charge in [0.1, 0.15) is 30.2 Å². The van der Waals surface area contributed by atoms with Gasteiger partial charge in [0.2, 0.25) is 0 Å². The van der Waals surface area contributed by atoms with Crippen LogP contribution in [0.1, 0.15) is 30.4 Å². The fourth-order valence-electron chi connectivity index (χ4n) is 3.91. The van der Waals surface area contributed by atoms with E-state index in [0.29, 0.717) is 24.8 Å². The quantitative estimate of drug-likeness (QED) is 0.223. The third-order valence-electron chi connectivity index (χ3n) is 6.08. The van der Waals surface area contributed by atoms with Crippen LogP contribution in [0.5, 0.6) is 23.0 Å². The monoisotopic (exact) mass is 492 g/mol. The van der Waals surface area contributed by atoms with Crippen LogP contribution in [0, 0.1) is 0 Å². The normalized spacial score (nSPS) is 23.2. The van der Waals surface area contributed by atoms with Crippen LogP contribution in [0.15, 0.2) is 36.4 Å². The maximum Gasteiger partial charge on any atom is 0.157 e. The molecule has 1 heterocycles. The standard InChI is InChI=1S/C25H32O10/c26-16(5-1-14-3-7-18(27)20(29)9-14)11-17(6-2-15-4-8-19(28)21(30)10-15)34-13-23-25(33)24(32)22(31)12-35-23/h3-4,7-10,17,22-25,27-33H,1-2,5-6,11-13H2. The Morgan fingerprint density at radius 2 is 1.49 bits per heavy atom. The lowest BCUT2D eigenvalue weighted by molar-refractivity contribution is -0.203. The molecule has 1 aliphatic rings. The van der Waals surface area contributed by atoms with Gasteiger partial charge in [0.05, 0.1) is 19.3 Å². The lowest BCUT2D eigenvalue weighted by atomic mass is 9.98. The zero-order valence-corrected chi connectivity index (χ0v) is 19.2. The number of aryl methyl sites for hydroxylation is 2. The summed E-state index contributed by atoms with van der Waals surface area (Å²) in [5, 5.41) is 67.9. The molecule has 5 atom stereocenters.